The Morgan fingerprint density at radius 1 is 1.19 bits per heavy atom. The van der Waals surface area contributed by atoms with Crippen LogP contribution in [0.4, 0.5) is 14.5 Å². The molecule has 0 unspecified atom stereocenters. The van der Waals surface area contributed by atoms with Crippen molar-refractivity contribution in [1.82, 2.24) is 0 Å². The second-order valence-electron chi connectivity index (χ2n) is 13.8. The third kappa shape index (κ3) is 4.21. The van der Waals surface area contributed by atoms with E-state index in [4.69, 9.17) is 21.2 Å². The van der Waals surface area contributed by atoms with Gasteiger partial charge in [-0.1, -0.05) is 38.4 Å². The number of esters is 1. The van der Waals surface area contributed by atoms with Crippen LogP contribution < -0.4 is 5.06 Å². The number of allylic oxidation sites excluding steroid dienone is 4. The Kier molecular flexibility index (Phi) is 7.22. The lowest BCUT2D eigenvalue weighted by Crippen LogP contribution is -2.70. The number of ether oxygens (including phenoxy) is 1. The van der Waals surface area contributed by atoms with E-state index in [-0.39, 0.29) is 37.3 Å². The predicted molar refractivity (Wildman–Crippen MR) is 156 cm³/mol. The van der Waals surface area contributed by atoms with Crippen molar-refractivity contribution < 1.29 is 37.8 Å². The lowest BCUT2D eigenvalue weighted by atomic mass is 9.44. The molecule has 1 aromatic rings. The fourth-order valence-electron chi connectivity index (χ4n) is 9.15. The van der Waals surface area contributed by atoms with Gasteiger partial charge >= 0.3 is 5.97 Å². The number of fused-ring (bicyclic) bond motifs is 7. The topological polar surface area (TPSA) is 93.1 Å². The number of Topliss-reactive ketones (excluding diaryl/α,β-unsaturated/α-hetero) is 1. The van der Waals surface area contributed by atoms with Crippen molar-refractivity contribution in [1.29, 1.82) is 0 Å². The van der Waals surface area contributed by atoms with E-state index in [1.807, 2.05) is 20.8 Å². The monoisotopic (exact) mass is 617 g/mol. The summed E-state index contributed by atoms with van der Waals surface area (Å²) >= 11 is 6.10. The smallest absolute Gasteiger partial charge is 0.306 e. The summed E-state index contributed by atoms with van der Waals surface area (Å²) in [6.07, 6.45) is 0.771. The second kappa shape index (κ2) is 10.2. The van der Waals surface area contributed by atoms with Crippen molar-refractivity contribution in [2.75, 3.05) is 18.2 Å². The number of hydrogen-bond donors (Lipinski definition) is 1. The quantitative estimate of drug-likeness (QED) is 0.420. The minimum atomic E-state index is -2.27. The Hall–Kier alpha value is -2.62. The molecule has 4 fully saturated rings. The lowest BCUT2D eigenvalue weighted by Gasteiger charge is -2.63. The Morgan fingerprint density at radius 2 is 1.88 bits per heavy atom. The minimum Gasteiger partial charge on any atom is -0.458 e. The average molecular weight is 618 g/mol. The molecule has 1 aromatic carbocycles. The fourth-order valence-corrected chi connectivity index (χ4v) is 9.28. The largest absolute Gasteiger partial charge is 0.458 e. The van der Waals surface area contributed by atoms with Gasteiger partial charge in [-0.05, 0) is 80.0 Å². The molecule has 0 bridgehead atoms. The van der Waals surface area contributed by atoms with Crippen LogP contribution in [0.1, 0.15) is 53.4 Å². The Morgan fingerprint density at radius 3 is 2.56 bits per heavy atom. The SMILES string of the molecule is CC(C)CC(=O)OCC(=O)[C@@]12ON(c3ccc(Cl)cc3)C[C@@H]1C[C@H]1[C@@H]3C[C@H](F)C4=CC(=O)C=C[C@]4(C)[C@@]3(F)[C@@H](O)C[C@@]12C. The number of ketones is 2. The van der Waals surface area contributed by atoms with Gasteiger partial charge in [0.25, 0.3) is 0 Å². The molecule has 0 radical (unpaired) electrons. The van der Waals surface area contributed by atoms with Crippen LogP contribution in [-0.4, -0.2) is 59.3 Å². The second-order valence-corrected chi connectivity index (χ2v) is 14.3. The van der Waals surface area contributed by atoms with Gasteiger partial charge in [0.1, 0.15) is 6.17 Å². The summed E-state index contributed by atoms with van der Waals surface area (Å²) in [7, 11) is 0. The highest BCUT2D eigenvalue weighted by Gasteiger charge is 2.79. The zero-order valence-electron chi connectivity index (χ0n) is 24.8. The van der Waals surface area contributed by atoms with E-state index in [1.165, 1.54) is 12.2 Å². The number of benzene rings is 1. The standard InChI is InChI=1S/C33H38ClF2NO6/c1-18(2)11-29(41)42-17-28(40)33-19(16-37(43-33)21-7-5-20(34)6-8-21)12-23-24-14-26(35)25-13-22(38)9-10-30(25,3)32(24,36)27(39)15-31(23,33)4/h5-10,13,18-19,23-24,26-27,39H,11-12,14-17H2,1-4H3/t19-,23-,24-,26-,27-,30-,31-,32-,33-/m0/s1. The number of carbonyl (C=O) groups is 3. The lowest BCUT2D eigenvalue weighted by molar-refractivity contribution is -0.228. The maximum atomic E-state index is 17.7. The Labute approximate surface area is 255 Å². The maximum absolute atomic E-state index is 17.7. The van der Waals surface area contributed by atoms with Gasteiger partial charge in [-0.15, -0.1) is 0 Å². The van der Waals surface area contributed by atoms with Gasteiger partial charge in [-0.3, -0.25) is 24.3 Å². The molecule has 1 saturated heterocycles. The van der Waals surface area contributed by atoms with E-state index >= 15 is 8.78 Å². The van der Waals surface area contributed by atoms with E-state index in [1.54, 1.807) is 36.3 Å². The highest BCUT2D eigenvalue weighted by Crippen LogP contribution is 2.72. The highest BCUT2D eigenvalue weighted by molar-refractivity contribution is 6.30. The first-order valence-electron chi connectivity index (χ1n) is 15.0. The van der Waals surface area contributed by atoms with E-state index in [0.29, 0.717) is 17.1 Å². The molecule has 4 aliphatic carbocycles. The van der Waals surface area contributed by atoms with Gasteiger partial charge in [-0.25, -0.2) is 8.78 Å². The van der Waals surface area contributed by atoms with Crippen LogP contribution in [0.2, 0.25) is 5.02 Å². The summed E-state index contributed by atoms with van der Waals surface area (Å²) in [5.74, 6) is -3.27. The van der Waals surface area contributed by atoms with Gasteiger partial charge < -0.3 is 9.84 Å². The summed E-state index contributed by atoms with van der Waals surface area (Å²) in [6.45, 7) is 6.88. The zero-order chi connectivity index (χ0) is 31.1. The number of hydroxylamine groups is 1. The zero-order valence-corrected chi connectivity index (χ0v) is 25.6. The van der Waals surface area contributed by atoms with Crippen LogP contribution in [0.15, 0.2) is 48.1 Å². The normalized spacial score (nSPS) is 41.3. The number of halogens is 3. The van der Waals surface area contributed by atoms with Crippen molar-refractivity contribution in [3.8, 4) is 0 Å². The molecule has 10 heteroatoms. The van der Waals surface area contributed by atoms with Crippen molar-refractivity contribution in [3.05, 3.63) is 53.1 Å². The summed E-state index contributed by atoms with van der Waals surface area (Å²) in [6, 6.07) is 6.96. The summed E-state index contributed by atoms with van der Waals surface area (Å²) < 4.78 is 39.0. The number of nitrogens with zero attached hydrogens (tertiary/aromatic N) is 1. The first-order chi connectivity index (χ1) is 20.2. The maximum Gasteiger partial charge on any atom is 0.306 e. The number of alkyl halides is 2. The summed E-state index contributed by atoms with van der Waals surface area (Å²) in [4.78, 5) is 45.5. The van der Waals surface area contributed by atoms with Gasteiger partial charge in [-0.2, -0.15) is 0 Å². The summed E-state index contributed by atoms with van der Waals surface area (Å²) in [5, 5.41) is 13.9. The van der Waals surface area contributed by atoms with Crippen molar-refractivity contribution >= 4 is 34.8 Å². The molecule has 5 aliphatic rings. The Bertz CT molecular complexity index is 1410. The van der Waals surface area contributed by atoms with Crippen LogP contribution in [0.5, 0.6) is 0 Å². The van der Waals surface area contributed by atoms with E-state index in [9.17, 15) is 19.5 Å². The fraction of sp³-hybridized carbons (Fsp3) is 0.606. The van der Waals surface area contributed by atoms with Crippen LogP contribution >= 0.6 is 11.6 Å². The molecule has 43 heavy (non-hydrogen) atoms. The van der Waals surface area contributed by atoms with Gasteiger partial charge in [0.05, 0.1) is 18.3 Å². The molecule has 6 rings (SSSR count). The molecule has 9 atom stereocenters. The highest BCUT2D eigenvalue weighted by atomic mass is 35.5. The van der Waals surface area contributed by atoms with Crippen LogP contribution in [-0.2, 0) is 24.0 Å². The number of anilines is 1. The molecule has 0 amide bonds. The number of hydrogen-bond acceptors (Lipinski definition) is 7. The van der Waals surface area contributed by atoms with Crippen molar-refractivity contribution in [2.24, 2.45) is 34.5 Å². The molecule has 1 aliphatic heterocycles. The number of carbonyl (C=O) groups excluding carboxylic acids is 3. The number of aliphatic hydroxyl groups excluding tert-OH is 1. The molecular formula is C33H38ClF2NO6. The van der Waals surface area contributed by atoms with Crippen molar-refractivity contribution in [3.63, 3.8) is 0 Å². The van der Waals surface area contributed by atoms with E-state index in [2.05, 4.69) is 0 Å². The predicted octanol–water partition coefficient (Wildman–Crippen LogP) is 5.53. The average Bonchev–Trinajstić information content (AvgIpc) is 3.43. The summed E-state index contributed by atoms with van der Waals surface area (Å²) in [5.41, 5.74) is -5.76. The first-order valence-corrected chi connectivity index (χ1v) is 15.4. The number of rotatable bonds is 6. The molecule has 1 heterocycles. The van der Waals surface area contributed by atoms with Crippen LogP contribution in [0.25, 0.3) is 0 Å². The molecule has 232 valence electrons. The molecular weight excluding hydrogens is 580 g/mol. The molecule has 7 nitrogen and oxygen atoms in total. The van der Waals surface area contributed by atoms with Gasteiger partial charge in [0.15, 0.2) is 23.7 Å². The van der Waals surface area contributed by atoms with Crippen LogP contribution in [0, 0.1) is 34.5 Å². The first kappa shape index (κ1) is 30.4. The van der Waals surface area contributed by atoms with E-state index in [0.717, 1.165) is 6.08 Å². The third-order valence-corrected chi connectivity index (χ3v) is 11.3. The minimum absolute atomic E-state index is 0.0422. The van der Waals surface area contributed by atoms with Crippen molar-refractivity contribution in [2.45, 2.75) is 76.9 Å². The van der Waals surface area contributed by atoms with Gasteiger partial charge in [0, 0.05) is 34.1 Å². The molecule has 1 N–H and O–H groups in total. The van der Waals surface area contributed by atoms with Gasteiger partial charge in [0.2, 0.25) is 5.78 Å². The van der Waals surface area contributed by atoms with E-state index < -0.39 is 76.3 Å². The molecule has 0 aromatic heterocycles. The third-order valence-electron chi connectivity index (χ3n) is 11.1. The molecule has 0 spiro atoms. The molecule has 3 saturated carbocycles. The van der Waals surface area contributed by atoms with Crippen LogP contribution in [0.3, 0.4) is 0 Å². The Balaban J connectivity index is 1.40. The number of aliphatic hydroxyl groups is 1.